The Kier molecular flexibility index (Phi) is 5.72. The van der Waals surface area contributed by atoms with Crippen molar-refractivity contribution < 1.29 is 4.79 Å². The number of hydrogen-bond donors (Lipinski definition) is 4. The Morgan fingerprint density at radius 1 is 1.23 bits per heavy atom. The number of amides is 1. The van der Waals surface area contributed by atoms with Gasteiger partial charge in [0, 0.05) is 24.0 Å². The summed E-state index contributed by atoms with van der Waals surface area (Å²) in [7, 11) is 0. The minimum absolute atomic E-state index is 0.0230. The summed E-state index contributed by atoms with van der Waals surface area (Å²) in [4.78, 5) is 25.5. The van der Waals surface area contributed by atoms with Crippen molar-refractivity contribution in [1.82, 2.24) is 25.0 Å². The lowest BCUT2D eigenvalue weighted by molar-refractivity contribution is 0.100. The van der Waals surface area contributed by atoms with Crippen LogP contribution in [0.3, 0.4) is 0 Å². The van der Waals surface area contributed by atoms with E-state index in [0.29, 0.717) is 23.0 Å². The molecule has 0 unspecified atom stereocenters. The number of anilines is 3. The smallest absolute Gasteiger partial charge is 0.254 e. The maximum Gasteiger partial charge on any atom is 0.254 e. The van der Waals surface area contributed by atoms with Crippen molar-refractivity contribution in [2.45, 2.75) is 37.8 Å². The zero-order chi connectivity index (χ0) is 21.8. The van der Waals surface area contributed by atoms with Gasteiger partial charge in [-0.3, -0.25) is 4.79 Å². The minimum atomic E-state index is -0.657. The maximum atomic E-state index is 11.9. The predicted molar refractivity (Wildman–Crippen MR) is 115 cm³/mol. The van der Waals surface area contributed by atoms with Gasteiger partial charge in [0.25, 0.3) is 5.91 Å². The van der Waals surface area contributed by atoms with Crippen LogP contribution < -0.4 is 22.1 Å². The molecule has 0 spiro atoms. The molecule has 1 aliphatic rings. The number of benzene rings is 1. The number of carbonyl (C=O) groups excluding carboxylic acids is 1. The first-order valence-electron chi connectivity index (χ1n) is 9.89. The molecule has 1 fully saturated rings. The molecule has 0 saturated heterocycles. The highest BCUT2D eigenvalue weighted by Crippen LogP contribution is 2.29. The third-order valence-electron chi connectivity index (χ3n) is 5.18. The predicted octanol–water partition coefficient (Wildman–Crippen LogP) is 2.13. The minimum Gasteiger partial charge on any atom is -0.365 e. The summed E-state index contributed by atoms with van der Waals surface area (Å²) < 4.78 is 0. The van der Waals surface area contributed by atoms with Crippen molar-refractivity contribution in [3.05, 3.63) is 53.8 Å². The number of carbonyl (C=O) groups is 1. The van der Waals surface area contributed by atoms with E-state index in [9.17, 15) is 4.79 Å². The molecule has 31 heavy (non-hydrogen) atoms. The Balaban J connectivity index is 1.64. The van der Waals surface area contributed by atoms with E-state index < -0.39 is 5.91 Å². The van der Waals surface area contributed by atoms with E-state index in [1.54, 1.807) is 18.2 Å². The largest absolute Gasteiger partial charge is 0.365 e. The van der Waals surface area contributed by atoms with Gasteiger partial charge in [-0.15, -0.1) is 0 Å². The van der Waals surface area contributed by atoms with Crippen molar-refractivity contribution in [3.63, 3.8) is 0 Å². The van der Waals surface area contributed by atoms with Crippen LogP contribution in [0.25, 0.3) is 10.5 Å². The van der Waals surface area contributed by atoms with Crippen LogP contribution >= 0.6 is 0 Å². The summed E-state index contributed by atoms with van der Waals surface area (Å²) >= 11 is 0. The average Bonchev–Trinajstić information content (AvgIpc) is 3.30. The first-order chi connectivity index (χ1) is 15.0. The number of aromatic nitrogens is 5. The molecule has 1 amide bonds. The van der Waals surface area contributed by atoms with E-state index in [0.717, 1.165) is 25.7 Å². The third-order valence-corrected chi connectivity index (χ3v) is 5.18. The van der Waals surface area contributed by atoms with Crippen molar-refractivity contribution in [2.24, 2.45) is 11.5 Å². The molecular formula is C20H22N10O. The monoisotopic (exact) mass is 418 g/mol. The van der Waals surface area contributed by atoms with Gasteiger partial charge in [0.15, 0.2) is 0 Å². The molecule has 0 radical (unpaired) electrons. The topological polar surface area (TPSA) is 154 Å². The molecule has 11 heteroatoms. The molecule has 2 atom stereocenters. The number of nitrogens with two attached hydrogens (primary N) is 2. The number of rotatable bonds is 6. The number of hydrogen-bond acceptors (Lipinski definition) is 8. The Morgan fingerprint density at radius 2 is 2.00 bits per heavy atom. The molecule has 0 aliphatic heterocycles. The van der Waals surface area contributed by atoms with Gasteiger partial charge in [0.05, 0.1) is 24.7 Å². The van der Waals surface area contributed by atoms with Gasteiger partial charge >= 0.3 is 0 Å². The number of primary amides is 1. The summed E-state index contributed by atoms with van der Waals surface area (Å²) in [6.45, 7) is 7.37. The fourth-order valence-electron chi connectivity index (χ4n) is 3.56. The summed E-state index contributed by atoms with van der Waals surface area (Å²) in [5, 5.41) is 14.5. The Labute approximate surface area is 178 Å². The number of nitrogens with one attached hydrogen (secondary N) is 2. The zero-order valence-corrected chi connectivity index (χ0v) is 16.7. The van der Waals surface area contributed by atoms with Gasteiger partial charge in [0.2, 0.25) is 11.6 Å². The van der Waals surface area contributed by atoms with E-state index in [-0.39, 0.29) is 23.5 Å². The van der Waals surface area contributed by atoms with E-state index >= 15 is 0 Å². The molecule has 11 nitrogen and oxygen atoms in total. The van der Waals surface area contributed by atoms with Gasteiger partial charge < -0.3 is 22.1 Å². The lowest BCUT2D eigenvalue weighted by atomic mass is 9.91. The van der Waals surface area contributed by atoms with Crippen molar-refractivity contribution in [2.75, 3.05) is 10.6 Å². The Hall–Kier alpha value is -4.04. The fraction of sp³-hybridized carbons (Fsp3) is 0.300. The van der Waals surface area contributed by atoms with Gasteiger partial charge in [-0.2, -0.15) is 20.0 Å². The average molecular weight is 418 g/mol. The molecule has 158 valence electrons. The lowest BCUT2D eigenvalue weighted by Gasteiger charge is -2.29. The summed E-state index contributed by atoms with van der Waals surface area (Å²) in [6.07, 6.45) is 8.52. The van der Waals surface area contributed by atoms with Gasteiger partial charge in [-0.25, -0.2) is 9.83 Å². The van der Waals surface area contributed by atoms with Crippen LogP contribution in [0.5, 0.6) is 0 Å². The second-order valence-corrected chi connectivity index (χ2v) is 7.28. The van der Waals surface area contributed by atoms with Crippen molar-refractivity contribution >= 4 is 29.0 Å². The SMILES string of the molecule is [C-]#[N+]c1ccc(Nc2nc(N[C@@H]3CCCC[C@@H]3N)ncc2C(N)=O)cc1-n1nccn1. The van der Waals surface area contributed by atoms with E-state index in [1.807, 2.05) is 0 Å². The molecule has 6 N–H and O–H groups in total. The molecule has 0 bridgehead atoms. The lowest BCUT2D eigenvalue weighted by Crippen LogP contribution is -2.43. The second-order valence-electron chi connectivity index (χ2n) is 7.28. The molecule has 4 rings (SSSR count). The zero-order valence-electron chi connectivity index (χ0n) is 16.7. The quantitative estimate of drug-likeness (QED) is 0.444. The fourth-order valence-corrected chi connectivity index (χ4v) is 3.56. The molecule has 1 aliphatic carbocycles. The highest BCUT2D eigenvalue weighted by molar-refractivity contribution is 5.98. The Bertz CT molecular complexity index is 1120. The first-order valence-corrected chi connectivity index (χ1v) is 9.89. The highest BCUT2D eigenvalue weighted by atomic mass is 16.1. The Morgan fingerprint density at radius 3 is 2.71 bits per heavy atom. The van der Waals surface area contributed by atoms with Gasteiger partial charge in [-0.1, -0.05) is 18.9 Å². The van der Waals surface area contributed by atoms with Crippen LogP contribution in [-0.2, 0) is 0 Å². The van der Waals surface area contributed by atoms with Crippen molar-refractivity contribution in [3.8, 4) is 5.69 Å². The van der Waals surface area contributed by atoms with Crippen LogP contribution in [0.1, 0.15) is 36.0 Å². The molecule has 2 heterocycles. The van der Waals surface area contributed by atoms with Crippen LogP contribution in [0.2, 0.25) is 0 Å². The molecule has 1 saturated carbocycles. The van der Waals surface area contributed by atoms with Crippen LogP contribution in [0, 0.1) is 6.57 Å². The van der Waals surface area contributed by atoms with Gasteiger partial charge in [-0.05, 0) is 25.0 Å². The van der Waals surface area contributed by atoms with E-state index in [4.69, 9.17) is 18.0 Å². The van der Waals surface area contributed by atoms with Crippen LogP contribution in [-0.4, -0.2) is 43.0 Å². The molecule has 1 aromatic carbocycles. The maximum absolute atomic E-state index is 11.9. The molecule has 2 aromatic heterocycles. The van der Waals surface area contributed by atoms with Crippen molar-refractivity contribution in [1.29, 1.82) is 0 Å². The normalized spacial score (nSPS) is 18.2. The van der Waals surface area contributed by atoms with Gasteiger partial charge in [0.1, 0.15) is 11.4 Å². The number of nitrogens with zero attached hydrogens (tertiary/aromatic N) is 6. The van der Waals surface area contributed by atoms with Crippen LogP contribution in [0.4, 0.5) is 23.1 Å². The summed E-state index contributed by atoms with van der Waals surface area (Å²) in [6, 6.07) is 5.13. The van der Waals surface area contributed by atoms with Crippen LogP contribution in [0.15, 0.2) is 36.8 Å². The third kappa shape index (κ3) is 4.44. The van der Waals surface area contributed by atoms with E-state index in [1.165, 1.54) is 23.4 Å². The summed E-state index contributed by atoms with van der Waals surface area (Å²) in [5.74, 6) is -0.0407. The highest BCUT2D eigenvalue weighted by Gasteiger charge is 2.23. The standard InChI is InChI=1S/C20H22N10O/c1-23-16-7-6-12(10-17(16)30-25-8-9-26-30)27-19-13(18(22)31)11-24-20(29-19)28-15-5-3-2-4-14(15)21/h6-11,14-15H,2-5,21H2,(H2,22,31)(H2,24,27,28,29)/t14-,15+/m0/s1. The molecular weight excluding hydrogens is 396 g/mol. The van der Waals surface area contributed by atoms with E-state index in [2.05, 4.69) is 35.6 Å². The first kappa shape index (κ1) is 20.2. The second kappa shape index (κ2) is 8.76. The molecule has 3 aromatic rings. The summed E-state index contributed by atoms with van der Waals surface area (Å²) in [5.41, 5.74) is 13.3.